The van der Waals surface area contributed by atoms with Crippen LogP contribution in [0.5, 0.6) is 0 Å². The van der Waals surface area contributed by atoms with Crippen LogP contribution in [0.25, 0.3) is 0 Å². The zero-order valence-electron chi connectivity index (χ0n) is 8.86. The van der Waals surface area contributed by atoms with E-state index in [0.717, 1.165) is 39.3 Å². The summed E-state index contributed by atoms with van der Waals surface area (Å²) in [5.74, 6) is 0. The number of ether oxygens (including phenoxy) is 1. The van der Waals surface area contributed by atoms with Crippen molar-refractivity contribution in [3.63, 3.8) is 0 Å². The highest BCUT2D eigenvalue weighted by Crippen LogP contribution is 2.16. The fourth-order valence-corrected chi connectivity index (χ4v) is 1.56. The van der Waals surface area contributed by atoms with Gasteiger partial charge >= 0.3 is 0 Å². The molecule has 0 radical (unpaired) electrons. The van der Waals surface area contributed by atoms with Gasteiger partial charge in [-0.15, -0.1) is 0 Å². The lowest BCUT2D eigenvalue weighted by molar-refractivity contribution is 0.172. The lowest BCUT2D eigenvalue weighted by Gasteiger charge is -2.23. The van der Waals surface area contributed by atoms with Crippen LogP contribution in [0.4, 0.5) is 0 Å². The van der Waals surface area contributed by atoms with Crippen LogP contribution in [0, 0.1) is 0 Å². The second-order valence-electron chi connectivity index (χ2n) is 4.04. The van der Waals surface area contributed by atoms with Gasteiger partial charge in [-0.05, 0) is 26.3 Å². The molecule has 0 bridgehead atoms. The Balaban J connectivity index is 1.98. The molecule has 0 spiro atoms. The van der Waals surface area contributed by atoms with E-state index in [4.69, 9.17) is 4.74 Å². The van der Waals surface area contributed by atoms with E-state index < -0.39 is 0 Å². The van der Waals surface area contributed by atoms with Crippen LogP contribution in [0.2, 0.25) is 0 Å². The maximum Gasteiger partial charge on any atom is 0.0646 e. The molecule has 13 heavy (non-hydrogen) atoms. The van der Waals surface area contributed by atoms with Crippen LogP contribution in [0.3, 0.4) is 0 Å². The molecule has 1 heterocycles. The molecule has 1 unspecified atom stereocenters. The maximum absolute atomic E-state index is 5.36. The Morgan fingerprint density at radius 3 is 2.77 bits per heavy atom. The largest absolute Gasteiger partial charge is 0.379 e. The molecule has 78 valence electrons. The van der Waals surface area contributed by atoms with Crippen molar-refractivity contribution in [2.24, 2.45) is 0 Å². The highest BCUT2D eigenvalue weighted by molar-refractivity contribution is 4.86. The zero-order valence-corrected chi connectivity index (χ0v) is 8.86. The molecule has 1 aliphatic rings. The van der Waals surface area contributed by atoms with Crippen molar-refractivity contribution in [1.29, 1.82) is 0 Å². The quantitative estimate of drug-likeness (QED) is 0.601. The summed E-state index contributed by atoms with van der Waals surface area (Å²) in [4.78, 5) is 0. The highest BCUT2D eigenvalue weighted by Gasteiger charge is 2.28. The molecule has 0 saturated carbocycles. The molecule has 1 saturated heterocycles. The molecule has 0 aromatic rings. The average Bonchev–Trinajstić information content (AvgIpc) is 2.53. The summed E-state index contributed by atoms with van der Waals surface area (Å²) in [5, 5.41) is 6.90. The molecule has 0 amide bonds. The minimum atomic E-state index is 0.230. The minimum Gasteiger partial charge on any atom is -0.379 e. The first kappa shape index (κ1) is 11.0. The Hall–Kier alpha value is -0.120. The van der Waals surface area contributed by atoms with Gasteiger partial charge < -0.3 is 15.4 Å². The van der Waals surface area contributed by atoms with E-state index in [1.54, 1.807) is 0 Å². The zero-order chi connectivity index (χ0) is 9.57. The average molecular weight is 186 g/mol. The van der Waals surface area contributed by atoms with E-state index in [1.807, 2.05) is 0 Å². The monoisotopic (exact) mass is 186 g/mol. The first-order chi connectivity index (χ1) is 6.27. The molecule has 3 heteroatoms. The van der Waals surface area contributed by atoms with E-state index in [1.165, 1.54) is 6.42 Å². The first-order valence-corrected chi connectivity index (χ1v) is 5.30. The fourth-order valence-electron chi connectivity index (χ4n) is 1.56. The van der Waals surface area contributed by atoms with Crippen molar-refractivity contribution in [3.8, 4) is 0 Å². The van der Waals surface area contributed by atoms with E-state index in [0.29, 0.717) is 0 Å². The van der Waals surface area contributed by atoms with Gasteiger partial charge in [0.15, 0.2) is 0 Å². The molecule has 3 nitrogen and oxygen atoms in total. The summed E-state index contributed by atoms with van der Waals surface area (Å²) in [5.41, 5.74) is 0.230. The maximum atomic E-state index is 5.36. The third-order valence-electron chi connectivity index (χ3n) is 2.50. The van der Waals surface area contributed by atoms with Gasteiger partial charge in [0, 0.05) is 25.2 Å². The van der Waals surface area contributed by atoms with Gasteiger partial charge in [-0.2, -0.15) is 0 Å². The van der Waals surface area contributed by atoms with Gasteiger partial charge in [-0.3, -0.25) is 0 Å². The number of hydrogen-bond acceptors (Lipinski definition) is 3. The lowest BCUT2D eigenvalue weighted by Crippen LogP contribution is -2.45. The predicted octanol–water partition coefficient (Wildman–Crippen LogP) is 0.755. The van der Waals surface area contributed by atoms with E-state index >= 15 is 0 Å². The summed E-state index contributed by atoms with van der Waals surface area (Å²) in [6, 6.07) is 0. The van der Waals surface area contributed by atoms with E-state index in [2.05, 4.69) is 24.5 Å². The molecule has 0 aromatic heterocycles. The Morgan fingerprint density at radius 2 is 2.15 bits per heavy atom. The molecular weight excluding hydrogens is 164 g/mol. The van der Waals surface area contributed by atoms with Crippen molar-refractivity contribution in [1.82, 2.24) is 10.6 Å². The summed E-state index contributed by atoms with van der Waals surface area (Å²) in [7, 11) is 0. The second kappa shape index (κ2) is 5.58. The van der Waals surface area contributed by atoms with Crippen molar-refractivity contribution < 1.29 is 4.74 Å². The fraction of sp³-hybridized carbons (Fsp3) is 1.00. The van der Waals surface area contributed by atoms with Gasteiger partial charge in [0.1, 0.15) is 0 Å². The first-order valence-electron chi connectivity index (χ1n) is 5.30. The Morgan fingerprint density at radius 1 is 1.31 bits per heavy atom. The van der Waals surface area contributed by atoms with Gasteiger partial charge in [0.2, 0.25) is 0 Å². The van der Waals surface area contributed by atoms with Crippen LogP contribution >= 0.6 is 0 Å². The third-order valence-corrected chi connectivity index (χ3v) is 2.50. The number of hydrogen-bond donors (Lipinski definition) is 2. The molecule has 0 aliphatic carbocycles. The smallest absolute Gasteiger partial charge is 0.0646 e. The van der Waals surface area contributed by atoms with Crippen LogP contribution in [-0.2, 0) is 4.74 Å². The molecule has 1 fully saturated rings. The van der Waals surface area contributed by atoms with Crippen molar-refractivity contribution in [3.05, 3.63) is 0 Å². The third kappa shape index (κ3) is 4.07. The van der Waals surface area contributed by atoms with Crippen LogP contribution in [0.15, 0.2) is 0 Å². The molecular formula is C10H22N2O. The summed E-state index contributed by atoms with van der Waals surface area (Å²) in [6.45, 7) is 9.41. The molecule has 1 atom stereocenters. The molecule has 0 aromatic carbocycles. The van der Waals surface area contributed by atoms with Crippen molar-refractivity contribution in [2.45, 2.75) is 32.2 Å². The van der Waals surface area contributed by atoms with Crippen LogP contribution < -0.4 is 10.6 Å². The van der Waals surface area contributed by atoms with Crippen LogP contribution in [0.1, 0.15) is 26.7 Å². The van der Waals surface area contributed by atoms with E-state index in [9.17, 15) is 0 Å². The van der Waals surface area contributed by atoms with Gasteiger partial charge in [-0.1, -0.05) is 6.92 Å². The summed E-state index contributed by atoms with van der Waals surface area (Å²) in [6.07, 6.45) is 2.35. The summed E-state index contributed by atoms with van der Waals surface area (Å²) < 4.78 is 5.36. The molecule has 2 N–H and O–H groups in total. The van der Waals surface area contributed by atoms with E-state index in [-0.39, 0.29) is 5.54 Å². The molecule has 1 rings (SSSR count). The van der Waals surface area contributed by atoms with Gasteiger partial charge in [0.25, 0.3) is 0 Å². The topological polar surface area (TPSA) is 33.3 Å². The van der Waals surface area contributed by atoms with Gasteiger partial charge in [-0.25, -0.2) is 0 Å². The minimum absolute atomic E-state index is 0.230. The number of nitrogens with one attached hydrogen (secondary N) is 2. The lowest BCUT2D eigenvalue weighted by atomic mass is 10.0. The normalized spacial score (nSPS) is 28.2. The van der Waals surface area contributed by atoms with Crippen molar-refractivity contribution in [2.75, 3.05) is 32.8 Å². The second-order valence-corrected chi connectivity index (χ2v) is 4.04. The Labute approximate surface area is 81.2 Å². The predicted molar refractivity (Wildman–Crippen MR) is 55.0 cm³/mol. The van der Waals surface area contributed by atoms with Crippen molar-refractivity contribution >= 4 is 0 Å². The SMILES string of the molecule is CCCNCCNC1(C)CCOC1. The van der Waals surface area contributed by atoms with Gasteiger partial charge in [0.05, 0.1) is 6.61 Å². The Kier molecular flexibility index (Phi) is 4.70. The summed E-state index contributed by atoms with van der Waals surface area (Å²) >= 11 is 0. The van der Waals surface area contributed by atoms with Crippen LogP contribution in [-0.4, -0.2) is 38.4 Å². The number of rotatable bonds is 6. The molecule has 1 aliphatic heterocycles. The standard InChI is InChI=1S/C10H22N2O/c1-3-5-11-6-7-12-10(2)4-8-13-9-10/h11-12H,3-9H2,1-2H3. The Bertz CT molecular complexity index is 133. The highest BCUT2D eigenvalue weighted by atomic mass is 16.5.